The first-order chi connectivity index (χ1) is 10.1. The van der Waals surface area contributed by atoms with Crippen molar-refractivity contribution in [3.05, 3.63) is 64.4 Å². The van der Waals surface area contributed by atoms with Gasteiger partial charge >= 0.3 is 0 Å². The highest BCUT2D eigenvalue weighted by molar-refractivity contribution is 6.31. The summed E-state index contributed by atoms with van der Waals surface area (Å²) in [6.07, 6.45) is 0. The molecule has 0 aromatic heterocycles. The summed E-state index contributed by atoms with van der Waals surface area (Å²) in [7, 11) is 0. The van der Waals surface area contributed by atoms with Crippen LogP contribution in [-0.2, 0) is 0 Å². The van der Waals surface area contributed by atoms with Crippen molar-refractivity contribution >= 4 is 17.5 Å². The fourth-order valence-electron chi connectivity index (χ4n) is 1.70. The first-order valence-corrected chi connectivity index (χ1v) is 6.87. The summed E-state index contributed by atoms with van der Waals surface area (Å²) in [5, 5.41) is 3.34. The number of amides is 1. The van der Waals surface area contributed by atoms with Crippen molar-refractivity contribution in [1.82, 2.24) is 5.32 Å². The average molecular weight is 308 g/mol. The molecule has 0 atom stereocenters. The Bertz CT molecular complexity index is 629. The fraction of sp³-hybridized carbons (Fsp3) is 0.188. The van der Waals surface area contributed by atoms with Gasteiger partial charge in [0.15, 0.2) is 0 Å². The minimum atomic E-state index is -0.369. The molecule has 1 N–H and O–H groups in total. The number of halogens is 2. The molecule has 2 rings (SSSR count). The molecule has 3 nitrogen and oxygen atoms in total. The topological polar surface area (TPSA) is 38.3 Å². The Kier molecular flexibility index (Phi) is 5.17. The summed E-state index contributed by atoms with van der Waals surface area (Å²) in [6, 6.07) is 10.8. The maximum atomic E-state index is 12.7. The van der Waals surface area contributed by atoms with E-state index in [0.717, 1.165) is 5.56 Å². The molecule has 0 fully saturated rings. The van der Waals surface area contributed by atoms with Crippen molar-refractivity contribution in [2.45, 2.75) is 6.92 Å². The van der Waals surface area contributed by atoms with Crippen LogP contribution < -0.4 is 10.1 Å². The number of ether oxygens (including phenoxy) is 1. The van der Waals surface area contributed by atoms with Gasteiger partial charge in [-0.2, -0.15) is 0 Å². The fourth-order valence-corrected chi connectivity index (χ4v) is 1.87. The predicted molar refractivity (Wildman–Crippen MR) is 80.4 cm³/mol. The third-order valence-electron chi connectivity index (χ3n) is 2.91. The molecule has 0 saturated heterocycles. The Balaban J connectivity index is 1.77. The second-order valence-electron chi connectivity index (χ2n) is 4.52. The molecule has 0 spiro atoms. The number of carbonyl (C=O) groups is 1. The lowest BCUT2D eigenvalue weighted by Crippen LogP contribution is -2.28. The molecule has 0 bridgehead atoms. The quantitative estimate of drug-likeness (QED) is 0.857. The minimum absolute atomic E-state index is 0.263. The first-order valence-electron chi connectivity index (χ1n) is 6.49. The third-order valence-corrected chi connectivity index (χ3v) is 3.31. The second-order valence-corrected chi connectivity index (χ2v) is 4.93. The van der Waals surface area contributed by atoms with Gasteiger partial charge in [-0.15, -0.1) is 0 Å². The summed E-state index contributed by atoms with van der Waals surface area (Å²) in [4.78, 5) is 11.8. The Morgan fingerprint density at radius 3 is 2.62 bits per heavy atom. The van der Waals surface area contributed by atoms with Gasteiger partial charge in [-0.1, -0.05) is 17.7 Å². The maximum absolute atomic E-state index is 12.7. The van der Waals surface area contributed by atoms with Gasteiger partial charge in [-0.25, -0.2) is 4.39 Å². The SMILES string of the molecule is Cc1ccc(OCCNC(=O)c2ccc(F)cc2)cc1Cl. The van der Waals surface area contributed by atoms with E-state index in [9.17, 15) is 9.18 Å². The molecule has 0 aliphatic carbocycles. The molecule has 110 valence electrons. The monoisotopic (exact) mass is 307 g/mol. The largest absolute Gasteiger partial charge is 0.492 e. The van der Waals surface area contributed by atoms with E-state index in [1.165, 1.54) is 24.3 Å². The molecule has 0 aliphatic heterocycles. The lowest BCUT2D eigenvalue weighted by atomic mass is 10.2. The number of benzene rings is 2. The summed E-state index contributed by atoms with van der Waals surface area (Å²) in [5.41, 5.74) is 1.39. The van der Waals surface area contributed by atoms with Gasteiger partial charge in [0.05, 0.1) is 6.54 Å². The number of hydrogen-bond acceptors (Lipinski definition) is 2. The van der Waals surface area contributed by atoms with Crippen LogP contribution in [0.1, 0.15) is 15.9 Å². The normalized spacial score (nSPS) is 10.2. The third kappa shape index (κ3) is 4.46. The van der Waals surface area contributed by atoms with E-state index in [1.54, 1.807) is 6.07 Å². The minimum Gasteiger partial charge on any atom is -0.492 e. The second kappa shape index (κ2) is 7.09. The first kappa shape index (κ1) is 15.3. The van der Waals surface area contributed by atoms with Crippen LogP contribution in [0.15, 0.2) is 42.5 Å². The molecule has 0 unspecified atom stereocenters. The molecular weight excluding hydrogens is 293 g/mol. The van der Waals surface area contributed by atoms with Crippen LogP contribution in [0, 0.1) is 12.7 Å². The maximum Gasteiger partial charge on any atom is 0.251 e. The highest BCUT2D eigenvalue weighted by Gasteiger charge is 2.05. The van der Waals surface area contributed by atoms with Crippen molar-refractivity contribution in [3.63, 3.8) is 0 Å². The zero-order chi connectivity index (χ0) is 15.2. The average Bonchev–Trinajstić information content (AvgIpc) is 2.47. The van der Waals surface area contributed by atoms with Crippen LogP contribution in [0.3, 0.4) is 0 Å². The highest BCUT2D eigenvalue weighted by Crippen LogP contribution is 2.21. The molecule has 0 radical (unpaired) electrons. The standard InChI is InChI=1S/C16H15ClFNO2/c1-11-2-7-14(10-15(11)17)21-9-8-19-16(20)12-3-5-13(18)6-4-12/h2-7,10H,8-9H2,1H3,(H,19,20). The molecule has 0 saturated carbocycles. The lowest BCUT2D eigenvalue weighted by Gasteiger charge is -2.09. The molecule has 0 heterocycles. The molecule has 21 heavy (non-hydrogen) atoms. The molecular formula is C16H15ClFNO2. The van der Waals surface area contributed by atoms with Gasteiger partial charge in [-0.3, -0.25) is 4.79 Å². The molecule has 5 heteroatoms. The molecule has 2 aromatic carbocycles. The molecule has 0 aliphatic rings. The van der Waals surface area contributed by atoms with E-state index in [0.29, 0.717) is 29.5 Å². The number of nitrogens with one attached hydrogen (secondary N) is 1. The number of hydrogen-bond donors (Lipinski definition) is 1. The van der Waals surface area contributed by atoms with Crippen LogP contribution in [-0.4, -0.2) is 19.1 Å². The Morgan fingerprint density at radius 2 is 1.95 bits per heavy atom. The van der Waals surface area contributed by atoms with Crippen molar-refractivity contribution < 1.29 is 13.9 Å². The van der Waals surface area contributed by atoms with E-state index in [1.807, 2.05) is 19.1 Å². The van der Waals surface area contributed by atoms with Crippen molar-refractivity contribution in [2.24, 2.45) is 0 Å². The zero-order valence-electron chi connectivity index (χ0n) is 11.5. The number of carbonyl (C=O) groups excluding carboxylic acids is 1. The van der Waals surface area contributed by atoms with Gasteiger partial charge in [0.1, 0.15) is 18.2 Å². The van der Waals surface area contributed by atoms with Gasteiger partial charge in [-0.05, 0) is 48.9 Å². The Labute approximate surface area is 127 Å². The summed E-state index contributed by atoms with van der Waals surface area (Å²) in [6.45, 7) is 2.59. The Morgan fingerprint density at radius 1 is 1.24 bits per heavy atom. The van der Waals surface area contributed by atoms with Crippen molar-refractivity contribution in [1.29, 1.82) is 0 Å². The van der Waals surface area contributed by atoms with E-state index >= 15 is 0 Å². The summed E-state index contributed by atoms with van der Waals surface area (Å²) >= 11 is 5.99. The molecule has 1 amide bonds. The van der Waals surface area contributed by atoms with Crippen molar-refractivity contribution in [3.8, 4) is 5.75 Å². The molecule has 2 aromatic rings. The predicted octanol–water partition coefficient (Wildman–Crippen LogP) is 3.60. The summed E-state index contributed by atoms with van der Waals surface area (Å²) < 4.78 is 18.2. The van der Waals surface area contributed by atoms with Gasteiger partial charge in [0.25, 0.3) is 5.91 Å². The van der Waals surface area contributed by atoms with E-state index in [2.05, 4.69) is 5.32 Å². The van der Waals surface area contributed by atoms with Crippen LogP contribution in [0.5, 0.6) is 5.75 Å². The highest BCUT2D eigenvalue weighted by atomic mass is 35.5. The van der Waals surface area contributed by atoms with Crippen LogP contribution >= 0.6 is 11.6 Å². The summed E-state index contributed by atoms with van der Waals surface area (Å²) in [5.74, 6) is 0.0216. The number of rotatable bonds is 5. The van der Waals surface area contributed by atoms with E-state index in [-0.39, 0.29) is 11.7 Å². The number of aryl methyl sites for hydroxylation is 1. The van der Waals surface area contributed by atoms with Gasteiger partial charge in [0.2, 0.25) is 0 Å². The Hall–Kier alpha value is -2.07. The van der Waals surface area contributed by atoms with Crippen LogP contribution in [0.2, 0.25) is 5.02 Å². The zero-order valence-corrected chi connectivity index (χ0v) is 12.3. The van der Waals surface area contributed by atoms with E-state index < -0.39 is 0 Å². The van der Waals surface area contributed by atoms with E-state index in [4.69, 9.17) is 16.3 Å². The van der Waals surface area contributed by atoms with Crippen LogP contribution in [0.4, 0.5) is 4.39 Å². The smallest absolute Gasteiger partial charge is 0.251 e. The lowest BCUT2D eigenvalue weighted by molar-refractivity contribution is 0.0947. The van der Waals surface area contributed by atoms with Gasteiger partial charge < -0.3 is 10.1 Å². The van der Waals surface area contributed by atoms with Gasteiger partial charge in [0, 0.05) is 10.6 Å². The van der Waals surface area contributed by atoms with Crippen molar-refractivity contribution in [2.75, 3.05) is 13.2 Å². The van der Waals surface area contributed by atoms with Crippen LogP contribution in [0.25, 0.3) is 0 Å².